The molecule has 1 N–H and O–H groups in total. The van der Waals surface area contributed by atoms with Crippen molar-refractivity contribution in [3.8, 4) is 0 Å². The Bertz CT molecular complexity index is 363. The molecule has 1 aromatic heterocycles. The van der Waals surface area contributed by atoms with Crippen LogP contribution < -0.4 is 0 Å². The Hall–Kier alpha value is -0.720. The van der Waals surface area contributed by atoms with Crippen LogP contribution in [-0.4, -0.2) is 34.9 Å². The highest BCUT2D eigenvalue weighted by molar-refractivity contribution is 9.10. The molecule has 1 atom stereocenters. The lowest BCUT2D eigenvalue weighted by Gasteiger charge is -2.22. The van der Waals surface area contributed by atoms with Crippen LogP contribution in [0.2, 0.25) is 0 Å². The number of nitrogens with zero attached hydrogens (tertiary/aromatic N) is 2. The van der Waals surface area contributed by atoms with E-state index in [0.29, 0.717) is 29.6 Å². The van der Waals surface area contributed by atoms with Crippen LogP contribution in [0.15, 0.2) is 10.7 Å². The Morgan fingerprint density at radius 3 is 3.00 bits per heavy atom. The number of aldehydes is 1. The van der Waals surface area contributed by atoms with Crippen molar-refractivity contribution in [1.82, 2.24) is 9.78 Å². The van der Waals surface area contributed by atoms with Gasteiger partial charge < -0.3 is 14.6 Å². The third-order valence-electron chi connectivity index (χ3n) is 2.29. The van der Waals surface area contributed by atoms with E-state index in [9.17, 15) is 9.90 Å². The Morgan fingerprint density at radius 2 is 2.44 bits per heavy atom. The van der Waals surface area contributed by atoms with Gasteiger partial charge in [0.1, 0.15) is 11.9 Å². The Kier molecular flexibility index (Phi) is 4.64. The number of carbonyl (C=O) groups is 1. The zero-order valence-electron chi connectivity index (χ0n) is 9.31. The van der Waals surface area contributed by atoms with Crippen molar-refractivity contribution in [3.63, 3.8) is 0 Å². The van der Waals surface area contributed by atoms with Crippen LogP contribution in [-0.2, 0) is 21.7 Å². The molecular weight excluding hydrogens is 276 g/mol. The summed E-state index contributed by atoms with van der Waals surface area (Å²) in [5.41, 5.74) is -0.623. The lowest BCUT2D eigenvalue weighted by molar-refractivity contribution is -0.112. The van der Waals surface area contributed by atoms with Gasteiger partial charge in [0.05, 0.1) is 29.5 Å². The first kappa shape index (κ1) is 13.3. The van der Waals surface area contributed by atoms with Gasteiger partial charge in [-0.2, -0.15) is 5.10 Å². The molecule has 1 heterocycles. The van der Waals surface area contributed by atoms with Crippen LogP contribution >= 0.6 is 15.9 Å². The van der Waals surface area contributed by atoms with E-state index in [-0.39, 0.29) is 6.42 Å². The quantitative estimate of drug-likeness (QED) is 0.797. The topological polar surface area (TPSA) is 64.3 Å². The summed E-state index contributed by atoms with van der Waals surface area (Å²) < 4.78 is 7.28. The van der Waals surface area contributed by atoms with Gasteiger partial charge >= 0.3 is 0 Å². The fourth-order valence-electron chi connectivity index (χ4n) is 1.50. The Labute approximate surface area is 103 Å². The standard InChI is InChI=1S/C10H15BrN2O3/c1-10(15,3-5-14)9-8(11)7-12-13(9)4-6-16-2/h5,7,15H,3-4,6H2,1-2H3. The van der Waals surface area contributed by atoms with Gasteiger partial charge in [-0.25, -0.2) is 0 Å². The molecule has 5 nitrogen and oxygen atoms in total. The zero-order valence-corrected chi connectivity index (χ0v) is 10.9. The van der Waals surface area contributed by atoms with E-state index in [1.165, 1.54) is 0 Å². The van der Waals surface area contributed by atoms with Crippen molar-refractivity contribution >= 4 is 22.2 Å². The molecule has 0 bridgehead atoms. The minimum Gasteiger partial charge on any atom is -0.383 e. The van der Waals surface area contributed by atoms with Gasteiger partial charge in [0.25, 0.3) is 0 Å². The first-order valence-electron chi connectivity index (χ1n) is 4.89. The molecule has 0 spiro atoms. The van der Waals surface area contributed by atoms with Gasteiger partial charge in [0.15, 0.2) is 0 Å². The molecule has 0 amide bonds. The number of methoxy groups -OCH3 is 1. The van der Waals surface area contributed by atoms with E-state index < -0.39 is 5.60 Å². The molecule has 90 valence electrons. The molecule has 0 aliphatic rings. The molecular formula is C10H15BrN2O3. The highest BCUT2D eigenvalue weighted by atomic mass is 79.9. The minimum absolute atomic E-state index is 0.0320. The van der Waals surface area contributed by atoms with Crippen LogP contribution in [0.4, 0.5) is 0 Å². The maximum Gasteiger partial charge on any atom is 0.123 e. The average Bonchev–Trinajstić information content (AvgIpc) is 2.57. The summed E-state index contributed by atoms with van der Waals surface area (Å²) >= 11 is 3.31. The molecule has 0 saturated heterocycles. The maximum atomic E-state index is 10.5. The second-order valence-corrected chi connectivity index (χ2v) is 4.56. The van der Waals surface area contributed by atoms with Crippen LogP contribution in [0.1, 0.15) is 19.0 Å². The fraction of sp³-hybridized carbons (Fsp3) is 0.600. The predicted molar refractivity (Wildman–Crippen MR) is 62.1 cm³/mol. The summed E-state index contributed by atoms with van der Waals surface area (Å²) in [6, 6.07) is 0. The molecule has 0 fully saturated rings. The SMILES string of the molecule is COCCn1ncc(Br)c1C(C)(O)CC=O. The van der Waals surface area contributed by atoms with Crippen molar-refractivity contribution in [2.75, 3.05) is 13.7 Å². The first-order chi connectivity index (χ1) is 7.53. The summed E-state index contributed by atoms with van der Waals surface area (Å²) in [4.78, 5) is 10.5. The van der Waals surface area contributed by atoms with Crippen LogP contribution in [0.5, 0.6) is 0 Å². The summed E-state index contributed by atoms with van der Waals surface area (Å²) in [5.74, 6) is 0. The van der Waals surface area contributed by atoms with Crippen molar-refractivity contribution in [2.24, 2.45) is 0 Å². The van der Waals surface area contributed by atoms with E-state index in [4.69, 9.17) is 4.74 Å². The van der Waals surface area contributed by atoms with Gasteiger partial charge in [-0.05, 0) is 22.9 Å². The Balaban J connectivity index is 3.00. The molecule has 0 aliphatic heterocycles. The highest BCUT2D eigenvalue weighted by Crippen LogP contribution is 2.30. The summed E-state index contributed by atoms with van der Waals surface area (Å²) in [7, 11) is 1.60. The van der Waals surface area contributed by atoms with Crippen LogP contribution in [0.25, 0.3) is 0 Å². The molecule has 1 rings (SSSR count). The fourth-order valence-corrected chi connectivity index (χ4v) is 2.23. The number of rotatable bonds is 6. The number of aliphatic hydroxyl groups is 1. The van der Waals surface area contributed by atoms with Gasteiger partial charge in [-0.15, -0.1) is 0 Å². The van der Waals surface area contributed by atoms with Crippen molar-refractivity contribution < 1.29 is 14.6 Å². The molecule has 6 heteroatoms. The zero-order chi connectivity index (χ0) is 12.2. The predicted octanol–water partition coefficient (Wildman–Crippen LogP) is 1.09. The van der Waals surface area contributed by atoms with Gasteiger partial charge in [0, 0.05) is 13.5 Å². The first-order valence-corrected chi connectivity index (χ1v) is 5.69. The molecule has 1 unspecified atom stereocenters. The minimum atomic E-state index is -1.22. The molecule has 1 aromatic rings. The summed E-state index contributed by atoms with van der Waals surface area (Å²) in [6.07, 6.45) is 2.33. The Morgan fingerprint density at radius 1 is 1.75 bits per heavy atom. The monoisotopic (exact) mass is 290 g/mol. The molecule has 0 saturated carbocycles. The van der Waals surface area contributed by atoms with Gasteiger partial charge in [-0.1, -0.05) is 0 Å². The van der Waals surface area contributed by atoms with Gasteiger partial charge in [0.2, 0.25) is 0 Å². The largest absolute Gasteiger partial charge is 0.383 e. The average molecular weight is 291 g/mol. The van der Waals surface area contributed by atoms with E-state index in [1.807, 2.05) is 0 Å². The molecule has 0 aliphatic carbocycles. The molecule has 0 aromatic carbocycles. The number of hydrogen-bond donors (Lipinski definition) is 1. The van der Waals surface area contributed by atoms with Gasteiger partial charge in [-0.3, -0.25) is 4.68 Å². The second kappa shape index (κ2) is 5.56. The van der Waals surface area contributed by atoms with Crippen molar-refractivity contribution in [3.05, 3.63) is 16.4 Å². The van der Waals surface area contributed by atoms with Crippen LogP contribution in [0.3, 0.4) is 0 Å². The number of halogens is 1. The van der Waals surface area contributed by atoms with E-state index in [1.54, 1.807) is 24.9 Å². The summed E-state index contributed by atoms with van der Waals surface area (Å²) in [6.45, 7) is 2.62. The molecule has 16 heavy (non-hydrogen) atoms. The smallest absolute Gasteiger partial charge is 0.123 e. The number of aromatic nitrogens is 2. The third kappa shape index (κ3) is 2.90. The maximum absolute atomic E-state index is 10.5. The normalized spacial score (nSPS) is 14.8. The van der Waals surface area contributed by atoms with E-state index in [0.717, 1.165) is 0 Å². The van der Waals surface area contributed by atoms with E-state index >= 15 is 0 Å². The van der Waals surface area contributed by atoms with Crippen molar-refractivity contribution in [1.29, 1.82) is 0 Å². The van der Waals surface area contributed by atoms with E-state index in [2.05, 4.69) is 21.0 Å². The van der Waals surface area contributed by atoms with Crippen LogP contribution in [0, 0.1) is 0 Å². The number of carbonyl (C=O) groups excluding carboxylic acids is 1. The second-order valence-electron chi connectivity index (χ2n) is 3.70. The lowest BCUT2D eigenvalue weighted by Crippen LogP contribution is -2.27. The number of hydrogen-bond acceptors (Lipinski definition) is 4. The molecule has 0 radical (unpaired) electrons. The number of ether oxygens (including phenoxy) is 1. The highest BCUT2D eigenvalue weighted by Gasteiger charge is 2.29. The van der Waals surface area contributed by atoms with Crippen molar-refractivity contribution in [2.45, 2.75) is 25.5 Å². The summed E-state index contributed by atoms with van der Waals surface area (Å²) in [5, 5.41) is 14.3. The lowest BCUT2D eigenvalue weighted by atomic mass is 9.99. The third-order valence-corrected chi connectivity index (χ3v) is 2.87.